The predicted octanol–water partition coefficient (Wildman–Crippen LogP) is 4.87. The monoisotopic (exact) mass is 494 g/mol. The van der Waals surface area contributed by atoms with Crippen LogP contribution in [0.5, 0.6) is 11.8 Å². The van der Waals surface area contributed by atoms with Crippen molar-refractivity contribution in [1.29, 1.82) is 0 Å². The molecular formula is C26H30N4O4S. The number of benzene rings is 2. The average Bonchev–Trinajstić information content (AvgIpc) is 2.83. The van der Waals surface area contributed by atoms with E-state index in [0.29, 0.717) is 41.6 Å². The number of aromatic nitrogens is 2. The number of sulfonamides is 1. The number of rotatable bonds is 6. The van der Waals surface area contributed by atoms with Crippen molar-refractivity contribution in [3.8, 4) is 11.8 Å². The molecule has 1 fully saturated rings. The van der Waals surface area contributed by atoms with E-state index in [4.69, 9.17) is 4.74 Å². The van der Waals surface area contributed by atoms with Crippen molar-refractivity contribution in [3.05, 3.63) is 71.0 Å². The highest BCUT2D eigenvalue weighted by Crippen LogP contribution is 2.29. The van der Waals surface area contributed by atoms with Crippen LogP contribution in [0.15, 0.2) is 53.7 Å². The van der Waals surface area contributed by atoms with Crippen molar-refractivity contribution in [1.82, 2.24) is 14.3 Å². The molecule has 9 heteroatoms. The number of nitrogens with zero attached hydrogens (tertiary/aromatic N) is 3. The Morgan fingerprint density at radius 3 is 2.37 bits per heavy atom. The Labute approximate surface area is 206 Å². The Balaban J connectivity index is 1.55. The molecule has 2 heterocycles. The third kappa shape index (κ3) is 5.52. The van der Waals surface area contributed by atoms with Crippen LogP contribution in [0.25, 0.3) is 0 Å². The van der Waals surface area contributed by atoms with Gasteiger partial charge in [0.15, 0.2) is 0 Å². The van der Waals surface area contributed by atoms with Crippen LogP contribution < -0.4 is 10.1 Å². The van der Waals surface area contributed by atoms with Crippen molar-refractivity contribution in [2.45, 2.75) is 45.4 Å². The maximum Gasteiger partial charge on any atom is 0.321 e. The largest absolute Gasteiger partial charge is 0.424 e. The lowest BCUT2D eigenvalue weighted by Crippen LogP contribution is -2.38. The average molecular weight is 495 g/mol. The molecular weight excluding hydrogens is 464 g/mol. The summed E-state index contributed by atoms with van der Waals surface area (Å²) in [6.45, 7) is 8.60. The highest BCUT2D eigenvalue weighted by molar-refractivity contribution is 7.89. The topological polar surface area (TPSA) is 101 Å². The molecule has 1 N–H and O–H groups in total. The molecule has 4 rings (SSSR count). The lowest BCUT2D eigenvalue weighted by Gasteiger charge is -2.30. The zero-order valence-electron chi connectivity index (χ0n) is 20.4. The van der Waals surface area contributed by atoms with Gasteiger partial charge < -0.3 is 10.1 Å². The van der Waals surface area contributed by atoms with Crippen LogP contribution in [0.1, 0.15) is 46.8 Å². The van der Waals surface area contributed by atoms with Gasteiger partial charge in [0.2, 0.25) is 10.0 Å². The number of ether oxygens (including phenoxy) is 1. The number of amides is 1. The molecule has 1 amide bonds. The molecule has 0 unspecified atom stereocenters. The molecule has 35 heavy (non-hydrogen) atoms. The number of anilines is 1. The van der Waals surface area contributed by atoms with E-state index in [1.54, 1.807) is 49.6 Å². The third-order valence-corrected chi connectivity index (χ3v) is 8.46. The van der Waals surface area contributed by atoms with E-state index in [9.17, 15) is 13.2 Å². The molecule has 2 aromatic carbocycles. The highest BCUT2D eigenvalue weighted by atomic mass is 32.2. The highest BCUT2D eigenvalue weighted by Gasteiger charge is 2.30. The first-order valence-corrected chi connectivity index (χ1v) is 13.1. The van der Waals surface area contributed by atoms with Crippen molar-refractivity contribution in [2.75, 3.05) is 18.4 Å². The number of hydrogen-bond donors (Lipinski definition) is 1. The standard InChI is InChI=1S/C26H30N4O4S/c1-17-8-12-30(13-9-17)35(32,33)24-16-21(14-18(2)20(24)4)25(31)29-23-7-6-22(15-19(23)3)34-26-27-10-5-11-28-26/h5-7,10-11,14-17H,8-9,12-13H2,1-4H3,(H,29,31). The predicted molar refractivity (Wildman–Crippen MR) is 134 cm³/mol. The first kappa shape index (κ1) is 24.8. The lowest BCUT2D eigenvalue weighted by atomic mass is 10.0. The summed E-state index contributed by atoms with van der Waals surface area (Å²) >= 11 is 0. The van der Waals surface area contributed by atoms with Crippen LogP contribution in [-0.4, -0.2) is 41.7 Å². The number of carbonyl (C=O) groups is 1. The Kier molecular flexibility index (Phi) is 7.18. The van der Waals surface area contributed by atoms with Gasteiger partial charge in [-0.1, -0.05) is 6.92 Å². The second kappa shape index (κ2) is 10.1. The molecule has 1 aliphatic rings. The minimum Gasteiger partial charge on any atom is -0.424 e. The second-order valence-corrected chi connectivity index (χ2v) is 11.0. The SMILES string of the molecule is Cc1cc(Oc2ncccn2)ccc1NC(=O)c1cc(C)c(C)c(S(=O)(=O)N2CCC(C)CC2)c1. The summed E-state index contributed by atoms with van der Waals surface area (Å²) in [6.07, 6.45) is 4.86. The molecule has 184 valence electrons. The van der Waals surface area contributed by atoms with Gasteiger partial charge in [-0.3, -0.25) is 4.79 Å². The summed E-state index contributed by atoms with van der Waals surface area (Å²) in [4.78, 5) is 21.4. The van der Waals surface area contributed by atoms with Gasteiger partial charge >= 0.3 is 6.01 Å². The summed E-state index contributed by atoms with van der Waals surface area (Å²) in [5, 5.41) is 2.89. The van der Waals surface area contributed by atoms with Gasteiger partial charge in [0.1, 0.15) is 5.75 Å². The van der Waals surface area contributed by atoms with Crippen LogP contribution in [0.2, 0.25) is 0 Å². The van der Waals surface area contributed by atoms with E-state index < -0.39 is 10.0 Å². The van der Waals surface area contributed by atoms with E-state index in [1.807, 2.05) is 13.8 Å². The third-order valence-electron chi connectivity index (χ3n) is 6.44. The van der Waals surface area contributed by atoms with Crippen LogP contribution in [0, 0.1) is 26.7 Å². The molecule has 0 saturated carbocycles. The Morgan fingerprint density at radius 1 is 1.03 bits per heavy atom. The molecule has 8 nitrogen and oxygen atoms in total. The first-order chi connectivity index (χ1) is 16.6. The maximum absolute atomic E-state index is 13.4. The molecule has 0 atom stereocenters. The summed E-state index contributed by atoms with van der Waals surface area (Å²) in [6, 6.07) is 10.4. The minimum absolute atomic E-state index is 0.195. The normalized spacial score (nSPS) is 15.1. The summed E-state index contributed by atoms with van der Waals surface area (Å²) in [5.74, 6) is 0.684. The fourth-order valence-corrected chi connectivity index (χ4v) is 5.86. The van der Waals surface area contributed by atoms with Gasteiger partial charge in [-0.25, -0.2) is 18.4 Å². The van der Waals surface area contributed by atoms with Gasteiger partial charge in [-0.15, -0.1) is 0 Å². The van der Waals surface area contributed by atoms with Crippen molar-refractivity contribution < 1.29 is 17.9 Å². The van der Waals surface area contributed by atoms with E-state index >= 15 is 0 Å². The van der Waals surface area contributed by atoms with Gasteiger partial charge in [-0.05, 0) is 92.6 Å². The summed E-state index contributed by atoms with van der Waals surface area (Å²) < 4.78 is 34.0. The number of nitrogens with one attached hydrogen (secondary N) is 1. The molecule has 3 aromatic rings. The molecule has 0 radical (unpaired) electrons. The number of piperidine rings is 1. The van der Waals surface area contributed by atoms with Gasteiger partial charge in [0.05, 0.1) is 4.90 Å². The first-order valence-electron chi connectivity index (χ1n) is 11.6. The zero-order valence-corrected chi connectivity index (χ0v) is 21.2. The van der Waals surface area contributed by atoms with E-state index in [-0.39, 0.29) is 16.8 Å². The summed E-state index contributed by atoms with van der Waals surface area (Å²) in [7, 11) is -3.69. The number of hydrogen-bond acceptors (Lipinski definition) is 6. The quantitative estimate of drug-likeness (QED) is 0.525. The lowest BCUT2D eigenvalue weighted by molar-refractivity contribution is 0.102. The fraction of sp³-hybridized carbons (Fsp3) is 0.346. The second-order valence-electron chi connectivity index (χ2n) is 9.07. The molecule has 1 aliphatic heterocycles. The van der Waals surface area contributed by atoms with E-state index in [2.05, 4.69) is 22.2 Å². The Bertz CT molecular complexity index is 1330. The van der Waals surface area contributed by atoms with Crippen LogP contribution >= 0.6 is 0 Å². The summed E-state index contributed by atoms with van der Waals surface area (Å²) in [5.41, 5.74) is 3.11. The molecule has 1 aromatic heterocycles. The van der Waals surface area contributed by atoms with Gasteiger partial charge in [-0.2, -0.15) is 4.31 Å². The molecule has 0 spiro atoms. The van der Waals surface area contributed by atoms with E-state index in [1.165, 1.54) is 10.4 Å². The van der Waals surface area contributed by atoms with Crippen LogP contribution in [0.4, 0.5) is 5.69 Å². The molecule has 0 aliphatic carbocycles. The van der Waals surface area contributed by atoms with Crippen molar-refractivity contribution in [2.24, 2.45) is 5.92 Å². The number of carbonyl (C=O) groups excluding carboxylic acids is 1. The van der Waals surface area contributed by atoms with Crippen molar-refractivity contribution >= 4 is 21.6 Å². The Hall–Kier alpha value is -3.30. The van der Waals surface area contributed by atoms with Gasteiger partial charge in [0.25, 0.3) is 5.91 Å². The molecule has 1 saturated heterocycles. The Morgan fingerprint density at radius 2 is 1.71 bits per heavy atom. The van der Waals surface area contributed by atoms with Crippen LogP contribution in [0.3, 0.4) is 0 Å². The number of aryl methyl sites for hydroxylation is 2. The van der Waals surface area contributed by atoms with Gasteiger partial charge in [0, 0.05) is 36.7 Å². The zero-order chi connectivity index (χ0) is 25.2. The fourth-order valence-electron chi connectivity index (χ4n) is 4.07. The van der Waals surface area contributed by atoms with E-state index in [0.717, 1.165) is 24.0 Å². The van der Waals surface area contributed by atoms with Crippen molar-refractivity contribution in [3.63, 3.8) is 0 Å². The minimum atomic E-state index is -3.69. The molecule has 0 bridgehead atoms. The van der Waals surface area contributed by atoms with Crippen LogP contribution in [-0.2, 0) is 10.0 Å². The maximum atomic E-state index is 13.4. The smallest absolute Gasteiger partial charge is 0.321 e.